The van der Waals surface area contributed by atoms with E-state index in [0.717, 1.165) is 50.8 Å². The number of nitrogen functional groups attached to an aromatic ring is 1. The van der Waals surface area contributed by atoms with Gasteiger partial charge in [0.2, 0.25) is 0 Å². The molecule has 0 aliphatic carbocycles. The van der Waals surface area contributed by atoms with Gasteiger partial charge in [-0.1, -0.05) is 18.2 Å². The topological polar surface area (TPSA) is 75.3 Å². The first-order valence-corrected chi connectivity index (χ1v) is 10.1. The third-order valence-electron chi connectivity index (χ3n) is 5.51. The number of hydrogen-bond donors (Lipinski definition) is 1. The smallest absolute Gasteiger partial charge is 0.141 e. The average Bonchev–Trinajstić information content (AvgIpc) is 3.47. The Hall–Kier alpha value is -4.00. The van der Waals surface area contributed by atoms with Gasteiger partial charge in [0.15, 0.2) is 0 Å². The van der Waals surface area contributed by atoms with Crippen LogP contribution in [0.2, 0.25) is 0 Å². The van der Waals surface area contributed by atoms with Gasteiger partial charge in [-0.25, -0.2) is 4.52 Å². The minimum absolute atomic E-state index is 0.686. The van der Waals surface area contributed by atoms with E-state index < -0.39 is 0 Å². The summed E-state index contributed by atoms with van der Waals surface area (Å²) in [5.41, 5.74) is 14.1. The lowest BCUT2D eigenvalue weighted by Gasteiger charge is -2.08. The molecule has 0 fully saturated rings. The second-order valence-corrected chi connectivity index (χ2v) is 7.76. The van der Waals surface area contributed by atoms with Gasteiger partial charge in [-0.05, 0) is 49.2 Å². The van der Waals surface area contributed by atoms with Crippen molar-refractivity contribution in [1.29, 1.82) is 0 Å². The predicted octanol–water partition coefficient (Wildman–Crippen LogP) is 4.24. The number of anilines is 1. The molecule has 156 valence electrons. The molecule has 0 amide bonds. The number of rotatable bonds is 5. The molecule has 0 aliphatic heterocycles. The number of hydrogen-bond acceptors (Lipinski definition) is 4. The van der Waals surface area contributed by atoms with Gasteiger partial charge in [0.1, 0.15) is 11.4 Å². The van der Waals surface area contributed by atoms with Crippen molar-refractivity contribution in [3.63, 3.8) is 0 Å². The zero-order valence-corrected chi connectivity index (χ0v) is 17.8. The Bertz CT molecular complexity index is 1370. The summed E-state index contributed by atoms with van der Waals surface area (Å²) < 4.78 is 11.2. The summed E-state index contributed by atoms with van der Waals surface area (Å²) in [6.45, 7) is 4.82. The predicted molar refractivity (Wildman–Crippen MR) is 122 cm³/mol. The Morgan fingerprint density at radius 3 is 2.58 bits per heavy atom. The van der Waals surface area contributed by atoms with Crippen LogP contribution < -0.4 is 10.5 Å². The molecule has 0 aliphatic rings. The van der Waals surface area contributed by atoms with E-state index in [1.807, 2.05) is 64.1 Å². The second kappa shape index (κ2) is 7.36. The van der Waals surface area contributed by atoms with E-state index in [9.17, 15) is 0 Å². The maximum atomic E-state index is 6.04. The molecule has 3 aromatic heterocycles. The Morgan fingerprint density at radius 1 is 1.00 bits per heavy atom. The molecule has 0 spiro atoms. The molecular weight excluding hydrogens is 388 g/mol. The number of methoxy groups -OCH3 is 1. The molecule has 5 rings (SSSR count). The van der Waals surface area contributed by atoms with Gasteiger partial charge in [0, 0.05) is 29.7 Å². The molecule has 0 atom stereocenters. The lowest BCUT2D eigenvalue weighted by Crippen LogP contribution is -1.99. The zero-order valence-electron chi connectivity index (χ0n) is 17.8. The number of nitrogens with two attached hydrogens (primary N) is 1. The van der Waals surface area contributed by atoms with Crippen molar-refractivity contribution in [3.05, 3.63) is 83.9 Å². The average molecular weight is 412 g/mol. The van der Waals surface area contributed by atoms with E-state index in [2.05, 4.69) is 35.8 Å². The van der Waals surface area contributed by atoms with Crippen molar-refractivity contribution < 1.29 is 4.74 Å². The lowest BCUT2D eigenvalue weighted by molar-refractivity contribution is 0.414. The fraction of sp³-hybridized carbons (Fsp3) is 0.167. The summed E-state index contributed by atoms with van der Waals surface area (Å²) in [5.74, 6) is 0.848. The van der Waals surface area contributed by atoms with E-state index in [1.54, 1.807) is 7.11 Å². The lowest BCUT2D eigenvalue weighted by atomic mass is 10.2. The zero-order chi connectivity index (χ0) is 21.5. The number of benzene rings is 2. The van der Waals surface area contributed by atoms with Gasteiger partial charge >= 0.3 is 0 Å². The van der Waals surface area contributed by atoms with Gasteiger partial charge in [0.05, 0.1) is 36.9 Å². The van der Waals surface area contributed by atoms with Gasteiger partial charge in [-0.3, -0.25) is 9.25 Å². The molecule has 7 nitrogen and oxygen atoms in total. The van der Waals surface area contributed by atoms with Crippen LogP contribution in [-0.2, 0) is 6.54 Å². The molecule has 0 saturated carbocycles. The van der Waals surface area contributed by atoms with E-state index >= 15 is 0 Å². The summed E-state index contributed by atoms with van der Waals surface area (Å²) >= 11 is 0. The molecular formula is C24H24N6O. The van der Waals surface area contributed by atoms with Crippen LogP contribution in [0.4, 0.5) is 5.69 Å². The highest BCUT2D eigenvalue weighted by Gasteiger charge is 2.15. The third kappa shape index (κ3) is 3.44. The Labute approximate surface area is 180 Å². The van der Waals surface area contributed by atoms with Gasteiger partial charge < -0.3 is 10.5 Å². The molecule has 31 heavy (non-hydrogen) atoms. The molecule has 3 heterocycles. The summed E-state index contributed by atoms with van der Waals surface area (Å²) in [6.07, 6.45) is 5.97. The van der Waals surface area contributed by atoms with E-state index in [-0.39, 0.29) is 0 Å². The fourth-order valence-electron chi connectivity index (χ4n) is 3.83. The SMILES string of the molecule is COc1ccc(Cn2cc(-c3cc4n(-c5cc(N)ccc5C)cc(C)n4n3)cn2)cc1. The second-order valence-electron chi connectivity index (χ2n) is 7.76. The molecule has 0 unspecified atom stereocenters. The Balaban J connectivity index is 1.48. The standard InChI is InChI=1S/C24H24N6O/c1-16-4-7-20(25)10-23(16)29-13-17(2)30-24(29)11-22(27-30)19-12-26-28(15-19)14-18-5-8-21(31-3)9-6-18/h4-13,15H,14,25H2,1-3H3. The minimum Gasteiger partial charge on any atom is -0.497 e. The molecule has 0 bridgehead atoms. The number of nitrogens with zero attached hydrogens (tertiary/aromatic N) is 5. The van der Waals surface area contributed by atoms with Crippen molar-refractivity contribution >= 4 is 11.3 Å². The number of imidazole rings is 1. The first-order chi connectivity index (χ1) is 15.0. The summed E-state index contributed by atoms with van der Waals surface area (Å²) in [5, 5.41) is 9.35. The van der Waals surface area contributed by atoms with E-state index in [0.29, 0.717) is 6.54 Å². The van der Waals surface area contributed by atoms with Crippen LogP contribution in [-0.4, -0.2) is 31.1 Å². The van der Waals surface area contributed by atoms with Crippen LogP contribution >= 0.6 is 0 Å². The highest BCUT2D eigenvalue weighted by molar-refractivity contribution is 5.66. The number of ether oxygens (including phenoxy) is 1. The summed E-state index contributed by atoms with van der Waals surface area (Å²) in [7, 11) is 1.67. The van der Waals surface area contributed by atoms with Crippen LogP contribution in [0.15, 0.2) is 67.1 Å². The van der Waals surface area contributed by atoms with Crippen molar-refractivity contribution in [2.24, 2.45) is 0 Å². The molecule has 2 N–H and O–H groups in total. The van der Waals surface area contributed by atoms with Gasteiger partial charge in [0.25, 0.3) is 0 Å². The van der Waals surface area contributed by atoms with Crippen LogP contribution in [0.25, 0.3) is 22.6 Å². The summed E-state index contributed by atoms with van der Waals surface area (Å²) in [6, 6.07) is 16.1. The molecule has 7 heteroatoms. The molecule has 0 saturated heterocycles. The third-order valence-corrected chi connectivity index (χ3v) is 5.51. The molecule has 0 radical (unpaired) electrons. The van der Waals surface area contributed by atoms with Crippen LogP contribution in [0.5, 0.6) is 5.75 Å². The number of fused-ring (bicyclic) bond motifs is 1. The highest BCUT2D eigenvalue weighted by atomic mass is 16.5. The van der Waals surface area contributed by atoms with Gasteiger partial charge in [-0.2, -0.15) is 10.2 Å². The maximum Gasteiger partial charge on any atom is 0.141 e. The Kier molecular flexibility index (Phi) is 4.51. The monoisotopic (exact) mass is 412 g/mol. The minimum atomic E-state index is 0.686. The maximum absolute atomic E-state index is 6.04. The van der Waals surface area contributed by atoms with Crippen molar-refractivity contribution in [3.8, 4) is 22.7 Å². The van der Waals surface area contributed by atoms with E-state index in [4.69, 9.17) is 15.6 Å². The van der Waals surface area contributed by atoms with Crippen molar-refractivity contribution in [1.82, 2.24) is 24.0 Å². The Morgan fingerprint density at radius 2 is 1.81 bits per heavy atom. The first-order valence-electron chi connectivity index (χ1n) is 10.1. The van der Waals surface area contributed by atoms with Crippen molar-refractivity contribution in [2.75, 3.05) is 12.8 Å². The number of aromatic nitrogens is 5. The van der Waals surface area contributed by atoms with Crippen LogP contribution in [0.3, 0.4) is 0 Å². The highest BCUT2D eigenvalue weighted by Crippen LogP contribution is 2.26. The normalized spacial score (nSPS) is 11.3. The van der Waals surface area contributed by atoms with E-state index in [1.165, 1.54) is 0 Å². The molecule has 2 aromatic carbocycles. The molecule has 5 aromatic rings. The largest absolute Gasteiger partial charge is 0.497 e. The quantitative estimate of drug-likeness (QED) is 0.438. The van der Waals surface area contributed by atoms with Crippen LogP contribution in [0.1, 0.15) is 16.8 Å². The fourth-order valence-corrected chi connectivity index (χ4v) is 3.83. The number of aryl methyl sites for hydroxylation is 2. The van der Waals surface area contributed by atoms with Gasteiger partial charge in [-0.15, -0.1) is 0 Å². The summed E-state index contributed by atoms with van der Waals surface area (Å²) in [4.78, 5) is 0. The first kappa shape index (κ1) is 19.0. The van der Waals surface area contributed by atoms with Crippen molar-refractivity contribution in [2.45, 2.75) is 20.4 Å². The van der Waals surface area contributed by atoms with Crippen LogP contribution in [0, 0.1) is 13.8 Å².